The zero-order valence-corrected chi connectivity index (χ0v) is 17.2. The summed E-state index contributed by atoms with van der Waals surface area (Å²) in [5.74, 6) is -0.611. The molecule has 2 aliphatic carbocycles. The van der Waals surface area contributed by atoms with E-state index in [4.69, 9.17) is 11.6 Å². The summed E-state index contributed by atoms with van der Waals surface area (Å²) in [6, 6.07) is 15.5. The maximum atomic E-state index is 13.3. The summed E-state index contributed by atoms with van der Waals surface area (Å²) in [4.78, 5) is 41.2. The van der Waals surface area contributed by atoms with E-state index >= 15 is 0 Å². The minimum Gasteiger partial charge on any atom is -0.324 e. The Morgan fingerprint density at radius 3 is 2.30 bits per heavy atom. The summed E-state index contributed by atoms with van der Waals surface area (Å²) < 4.78 is 0. The summed E-state index contributed by atoms with van der Waals surface area (Å²) in [5, 5.41) is 3.36. The van der Waals surface area contributed by atoms with Crippen molar-refractivity contribution in [1.82, 2.24) is 4.90 Å². The predicted octanol–water partition coefficient (Wildman–Crippen LogP) is 3.92. The largest absolute Gasteiger partial charge is 0.324 e. The standard InChI is InChI=1S/C24H23ClN2O3/c25-17-7-4-8-18(13-17)26-22(28)19(11-14-5-2-1-3-6-14)27-23(29)20-15-9-10-16(12-15)21(20)24(27)30/h1-8,13,15-16,19-21H,9-12H2,(H,26,28)/t15-,16-,19-,20-,21-/m0/s1. The third-order valence-electron chi connectivity index (χ3n) is 6.94. The monoisotopic (exact) mass is 422 g/mol. The SMILES string of the molecule is O=C(Nc1cccc(Cl)c1)[C@H](Cc1ccccc1)N1C(=O)[C@H]2[C@H]3CC[C@@H](C3)[C@@H]2C1=O. The number of rotatable bonds is 5. The summed E-state index contributed by atoms with van der Waals surface area (Å²) in [5.41, 5.74) is 1.45. The molecule has 1 aliphatic heterocycles. The van der Waals surface area contributed by atoms with E-state index in [2.05, 4.69) is 5.32 Å². The van der Waals surface area contributed by atoms with Gasteiger partial charge in [0.25, 0.3) is 0 Å². The van der Waals surface area contributed by atoms with Gasteiger partial charge in [-0.15, -0.1) is 0 Å². The van der Waals surface area contributed by atoms with Gasteiger partial charge in [-0.3, -0.25) is 19.3 Å². The Morgan fingerprint density at radius 1 is 1.00 bits per heavy atom. The topological polar surface area (TPSA) is 66.5 Å². The lowest BCUT2D eigenvalue weighted by atomic mass is 9.81. The second kappa shape index (κ2) is 7.55. The molecular formula is C24H23ClN2O3. The van der Waals surface area contributed by atoms with E-state index in [0.29, 0.717) is 17.1 Å². The minimum absolute atomic E-state index is 0.167. The van der Waals surface area contributed by atoms with Crippen LogP contribution in [0.15, 0.2) is 54.6 Å². The van der Waals surface area contributed by atoms with Crippen molar-refractivity contribution >= 4 is 35.0 Å². The lowest BCUT2D eigenvalue weighted by Crippen LogP contribution is -2.49. The maximum absolute atomic E-state index is 13.3. The highest BCUT2D eigenvalue weighted by atomic mass is 35.5. The molecule has 1 N–H and O–H groups in total. The third-order valence-corrected chi connectivity index (χ3v) is 7.18. The van der Waals surface area contributed by atoms with Crippen LogP contribution < -0.4 is 5.32 Å². The van der Waals surface area contributed by atoms with E-state index in [-0.39, 0.29) is 41.4 Å². The van der Waals surface area contributed by atoms with Gasteiger partial charge in [0, 0.05) is 17.1 Å². The van der Waals surface area contributed by atoms with Crippen LogP contribution in [0, 0.1) is 23.7 Å². The number of hydrogen-bond acceptors (Lipinski definition) is 3. The third kappa shape index (κ3) is 3.21. The lowest BCUT2D eigenvalue weighted by molar-refractivity contribution is -0.147. The Morgan fingerprint density at radius 2 is 1.67 bits per heavy atom. The Labute approximate surface area is 180 Å². The van der Waals surface area contributed by atoms with Gasteiger partial charge >= 0.3 is 0 Å². The molecule has 2 aromatic carbocycles. The minimum atomic E-state index is -0.878. The Bertz CT molecular complexity index is 981. The number of nitrogens with one attached hydrogen (secondary N) is 1. The molecule has 0 aromatic heterocycles. The van der Waals surface area contributed by atoms with Gasteiger partial charge in [0.05, 0.1) is 11.8 Å². The number of hydrogen-bond donors (Lipinski definition) is 1. The number of carbonyl (C=O) groups is 3. The van der Waals surface area contributed by atoms with Gasteiger partial charge in [0.2, 0.25) is 17.7 Å². The van der Waals surface area contributed by atoms with Gasteiger partial charge in [0.15, 0.2) is 0 Å². The van der Waals surface area contributed by atoms with Crippen LogP contribution in [-0.2, 0) is 20.8 Å². The molecule has 3 aliphatic rings. The van der Waals surface area contributed by atoms with Gasteiger partial charge in [-0.25, -0.2) is 0 Å². The molecule has 1 saturated heterocycles. The van der Waals surface area contributed by atoms with Crippen molar-refractivity contribution in [2.24, 2.45) is 23.7 Å². The smallest absolute Gasteiger partial charge is 0.248 e. The van der Waals surface area contributed by atoms with Gasteiger partial charge in [-0.05, 0) is 54.9 Å². The number of amides is 3. The highest BCUT2D eigenvalue weighted by molar-refractivity contribution is 6.30. The van der Waals surface area contributed by atoms with Crippen LogP contribution in [0.3, 0.4) is 0 Å². The van der Waals surface area contributed by atoms with Crippen molar-refractivity contribution in [2.45, 2.75) is 31.7 Å². The number of nitrogens with zero attached hydrogens (tertiary/aromatic N) is 1. The summed E-state index contributed by atoms with van der Waals surface area (Å²) in [6.07, 6.45) is 3.28. The molecule has 3 fully saturated rings. The van der Waals surface area contributed by atoms with E-state index < -0.39 is 6.04 Å². The molecule has 0 radical (unpaired) electrons. The van der Waals surface area contributed by atoms with Gasteiger partial charge in [-0.1, -0.05) is 48.0 Å². The van der Waals surface area contributed by atoms with E-state index in [1.54, 1.807) is 24.3 Å². The van der Waals surface area contributed by atoms with Crippen LogP contribution >= 0.6 is 11.6 Å². The number of halogens is 1. The Kier molecular flexibility index (Phi) is 4.86. The molecule has 30 heavy (non-hydrogen) atoms. The molecule has 2 saturated carbocycles. The normalized spacial score (nSPS) is 28.0. The summed E-state index contributed by atoms with van der Waals surface area (Å²) in [7, 11) is 0. The van der Waals surface area contributed by atoms with Crippen molar-refractivity contribution in [3.8, 4) is 0 Å². The zero-order valence-electron chi connectivity index (χ0n) is 16.5. The van der Waals surface area contributed by atoms with Crippen molar-refractivity contribution < 1.29 is 14.4 Å². The number of imide groups is 1. The first-order valence-electron chi connectivity index (χ1n) is 10.5. The maximum Gasteiger partial charge on any atom is 0.248 e. The second-order valence-corrected chi connectivity index (χ2v) is 9.07. The average molecular weight is 423 g/mol. The summed E-state index contributed by atoms with van der Waals surface area (Å²) in [6.45, 7) is 0. The van der Waals surface area contributed by atoms with Crippen LogP contribution in [-0.4, -0.2) is 28.7 Å². The molecule has 6 heteroatoms. The quantitative estimate of drug-likeness (QED) is 0.742. The lowest BCUT2D eigenvalue weighted by Gasteiger charge is -2.27. The highest BCUT2D eigenvalue weighted by Crippen LogP contribution is 2.56. The van der Waals surface area contributed by atoms with Crippen molar-refractivity contribution in [3.05, 3.63) is 65.2 Å². The first kappa shape index (κ1) is 19.3. The Balaban J connectivity index is 1.46. The van der Waals surface area contributed by atoms with Crippen LogP contribution in [0.25, 0.3) is 0 Å². The molecule has 5 rings (SSSR count). The predicted molar refractivity (Wildman–Crippen MR) is 114 cm³/mol. The average Bonchev–Trinajstić information content (AvgIpc) is 3.41. The van der Waals surface area contributed by atoms with Crippen molar-refractivity contribution in [1.29, 1.82) is 0 Å². The van der Waals surface area contributed by atoms with Crippen molar-refractivity contribution in [3.63, 3.8) is 0 Å². The summed E-state index contributed by atoms with van der Waals surface area (Å²) >= 11 is 6.04. The van der Waals surface area contributed by atoms with E-state index in [1.807, 2.05) is 30.3 Å². The molecule has 5 atom stereocenters. The fourth-order valence-corrected chi connectivity index (χ4v) is 5.86. The zero-order chi connectivity index (χ0) is 20.8. The fraction of sp³-hybridized carbons (Fsp3) is 0.375. The first-order valence-corrected chi connectivity index (χ1v) is 10.9. The fourth-order valence-electron chi connectivity index (χ4n) is 5.67. The van der Waals surface area contributed by atoms with Gasteiger partial charge < -0.3 is 5.32 Å². The van der Waals surface area contributed by atoms with Crippen LogP contribution in [0.2, 0.25) is 5.02 Å². The molecule has 3 amide bonds. The van der Waals surface area contributed by atoms with E-state index in [0.717, 1.165) is 24.8 Å². The number of carbonyl (C=O) groups excluding carboxylic acids is 3. The molecule has 0 spiro atoms. The number of fused-ring (bicyclic) bond motifs is 5. The molecule has 2 bridgehead atoms. The Hall–Kier alpha value is -2.66. The molecule has 5 nitrogen and oxygen atoms in total. The van der Waals surface area contributed by atoms with Crippen molar-refractivity contribution in [2.75, 3.05) is 5.32 Å². The van der Waals surface area contributed by atoms with Crippen LogP contribution in [0.5, 0.6) is 0 Å². The molecular weight excluding hydrogens is 400 g/mol. The number of likely N-dealkylation sites (tertiary alicyclic amines) is 1. The van der Waals surface area contributed by atoms with Crippen LogP contribution in [0.4, 0.5) is 5.69 Å². The van der Waals surface area contributed by atoms with Gasteiger partial charge in [0.1, 0.15) is 6.04 Å². The van der Waals surface area contributed by atoms with Gasteiger partial charge in [-0.2, -0.15) is 0 Å². The number of benzene rings is 2. The van der Waals surface area contributed by atoms with E-state index in [9.17, 15) is 14.4 Å². The second-order valence-electron chi connectivity index (χ2n) is 8.64. The molecule has 0 unspecified atom stereocenters. The van der Waals surface area contributed by atoms with E-state index in [1.165, 1.54) is 4.90 Å². The molecule has 2 aromatic rings. The highest BCUT2D eigenvalue weighted by Gasteiger charge is 2.62. The molecule has 154 valence electrons. The first-order chi connectivity index (χ1) is 14.5. The van der Waals surface area contributed by atoms with Crippen LogP contribution in [0.1, 0.15) is 24.8 Å². The molecule has 1 heterocycles. The number of anilines is 1.